The lowest BCUT2D eigenvalue weighted by Gasteiger charge is -2.30. The monoisotopic (exact) mass is 340 g/mol. The zero-order valence-corrected chi connectivity index (χ0v) is 13.9. The molecule has 7 heteroatoms. The molecule has 0 aliphatic heterocycles. The third-order valence-corrected chi connectivity index (χ3v) is 4.09. The lowest BCUT2D eigenvalue weighted by molar-refractivity contribution is -0.133. The van der Waals surface area contributed by atoms with Gasteiger partial charge in [0.15, 0.2) is 11.6 Å². The van der Waals surface area contributed by atoms with Gasteiger partial charge in [0.25, 0.3) is 0 Å². The number of hydrogen-bond donors (Lipinski definition) is 3. The number of aliphatic hydroxyl groups excluding tert-OH is 1. The van der Waals surface area contributed by atoms with Crippen molar-refractivity contribution >= 4 is 11.8 Å². The summed E-state index contributed by atoms with van der Waals surface area (Å²) in [5, 5.41) is 15.0. The molecule has 2 rings (SSSR count). The van der Waals surface area contributed by atoms with Crippen LogP contribution in [0.4, 0.5) is 8.78 Å². The molecular weight excluding hydrogens is 318 g/mol. The van der Waals surface area contributed by atoms with Crippen LogP contribution in [0.15, 0.2) is 18.2 Å². The van der Waals surface area contributed by atoms with Crippen molar-refractivity contribution in [2.75, 3.05) is 0 Å². The van der Waals surface area contributed by atoms with Gasteiger partial charge in [-0.2, -0.15) is 0 Å². The van der Waals surface area contributed by atoms with Crippen molar-refractivity contribution in [3.63, 3.8) is 0 Å². The number of rotatable bonds is 6. The number of carbonyl (C=O) groups excluding carboxylic acids is 2. The summed E-state index contributed by atoms with van der Waals surface area (Å²) in [6.45, 7) is 4.65. The van der Waals surface area contributed by atoms with Crippen LogP contribution in [0, 0.1) is 17.6 Å². The van der Waals surface area contributed by atoms with Gasteiger partial charge in [-0.05, 0) is 51.3 Å². The van der Waals surface area contributed by atoms with E-state index < -0.39 is 35.2 Å². The van der Waals surface area contributed by atoms with Crippen LogP contribution in [0.25, 0.3) is 0 Å². The molecular formula is C17H22F2N2O3. The molecule has 0 saturated heterocycles. The molecule has 1 aliphatic carbocycles. The van der Waals surface area contributed by atoms with Gasteiger partial charge in [0.1, 0.15) is 6.04 Å². The van der Waals surface area contributed by atoms with Crippen molar-refractivity contribution in [3.8, 4) is 0 Å². The van der Waals surface area contributed by atoms with E-state index in [9.17, 15) is 23.5 Å². The Balaban J connectivity index is 2.11. The maximum atomic E-state index is 13.4. The largest absolute Gasteiger partial charge is 0.391 e. The molecule has 0 aromatic heterocycles. The molecule has 2 amide bonds. The van der Waals surface area contributed by atoms with E-state index >= 15 is 0 Å². The molecule has 2 atom stereocenters. The number of aliphatic hydroxyl groups is 1. The minimum absolute atomic E-state index is 0.0988. The zero-order chi connectivity index (χ0) is 18.1. The van der Waals surface area contributed by atoms with E-state index in [2.05, 4.69) is 10.6 Å². The fraction of sp³-hybridized carbons (Fsp3) is 0.529. The summed E-state index contributed by atoms with van der Waals surface area (Å²) in [5.41, 5.74) is -0.643. The summed E-state index contributed by atoms with van der Waals surface area (Å²) < 4.78 is 26.5. The van der Waals surface area contributed by atoms with Crippen molar-refractivity contribution in [2.24, 2.45) is 5.92 Å². The standard InChI is InChI=1S/C17H22F2N2O3/c1-9(22)14(20-15(23)10-4-5-10)16(24)21-17(2,3)11-6-7-12(18)13(19)8-11/h6-10,14,22H,4-5H2,1-3H3,(H,20,23)(H,21,24). The minimum atomic E-state index is -1.11. The molecule has 0 spiro atoms. The van der Waals surface area contributed by atoms with E-state index in [1.807, 2.05) is 0 Å². The SMILES string of the molecule is CC(O)C(NC(=O)C1CC1)C(=O)NC(C)(C)c1ccc(F)c(F)c1. The van der Waals surface area contributed by atoms with Gasteiger partial charge in [0.2, 0.25) is 11.8 Å². The first kappa shape index (κ1) is 18.3. The highest BCUT2D eigenvalue weighted by Gasteiger charge is 2.36. The van der Waals surface area contributed by atoms with E-state index in [0.717, 1.165) is 25.0 Å². The Morgan fingerprint density at radius 3 is 2.38 bits per heavy atom. The Bertz CT molecular complexity index is 643. The molecule has 0 heterocycles. The Morgan fingerprint density at radius 1 is 1.25 bits per heavy atom. The molecule has 1 fully saturated rings. The maximum absolute atomic E-state index is 13.4. The Kier molecular flexibility index (Phi) is 5.22. The third-order valence-electron chi connectivity index (χ3n) is 4.09. The Morgan fingerprint density at radius 2 is 1.88 bits per heavy atom. The predicted octanol–water partition coefficient (Wildman–Crippen LogP) is 1.59. The second-order valence-electron chi connectivity index (χ2n) is 6.74. The van der Waals surface area contributed by atoms with Gasteiger partial charge in [0, 0.05) is 5.92 Å². The van der Waals surface area contributed by atoms with E-state index in [4.69, 9.17) is 0 Å². The smallest absolute Gasteiger partial charge is 0.245 e. The topological polar surface area (TPSA) is 78.4 Å². The summed E-state index contributed by atoms with van der Waals surface area (Å²) in [4.78, 5) is 24.3. The van der Waals surface area contributed by atoms with Crippen molar-refractivity contribution in [1.29, 1.82) is 0 Å². The molecule has 132 valence electrons. The van der Waals surface area contributed by atoms with Gasteiger partial charge in [-0.25, -0.2) is 8.78 Å². The predicted molar refractivity (Wildman–Crippen MR) is 83.9 cm³/mol. The average Bonchev–Trinajstić information content (AvgIpc) is 3.30. The van der Waals surface area contributed by atoms with E-state index in [-0.39, 0.29) is 11.8 Å². The van der Waals surface area contributed by atoms with E-state index in [1.54, 1.807) is 13.8 Å². The summed E-state index contributed by atoms with van der Waals surface area (Å²) in [6, 6.07) is 2.26. The van der Waals surface area contributed by atoms with Gasteiger partial charge < -0.3 is 15.7 Å². The van der Waals surface area contributed by atoms with Crippen LogP contribution in [-0.4, -0.2) is 29.1 Å². The van der Waals surface area contributed by atoms with Crippen molar-refractivity contribution < 1.29 is 23.5 Å². The van der Waals surface area contributed by atoms with Gasteiger partial charge in [-0.15, -0.1) is 0 Å². The number of nitrogens with one attached hydrogen (secondary N) is 2. The Labute approximate surface area is 139 Å². The van der Waals surface area contributed by atoms with Crippen LogP contribution in [0.3, 0.4) is 0 Å². The molecule has 5 nitrogen and oxygen atoms in total. The second kappa shape index (κ2) is 6.84. The van der Waals surface area contributed by atoms with E-state index in [1.165, 1.54) is 13.0 Å². The fourth-order valence-corrected chi connectivity index (χ4v) is 2.36. The number of amides is 2. The minimum Gasteiger partial charge on any atom is -0.391 e. The highest BCUT2D eigenvalue weighted by molar-refractivity contribution is 5.90. The van der Waals surface area contributed by atoms with Crippen LogP contribution in [0.2, 0.25) is 0 Å². The van der Waals surface area contributed by atoms with E-state index in [0.29, 0.717) is 5.56 Å². The molecule has 1 aliphatic rings. The molecule has 0 bridgehead atoms. The number of carbonyl (C=O) groups is 2. The molecule has 24 heavy (non-hydrogen) atoms. The number of hydrogen-bond acceptors (Lipinski definition) is 3. The molecule has 1 saturated carbocycles. The maximum Gasteiger partial charge on any atom is 0.245 e. The molecule has 3 N–H and O–H groups in total. The lowest BCUT2D eigenvalue weighted by atomic mass is 9.93. The highest BCUT2D eigenvalue weighted by Crippen LogP contribution is 2.29. The first-order valence-corrected chi connectivity index (χ1v) is 7.88. The van der Waals surface area contributed by atoms with Gasteiger partial charge in [-0.1, -0.05) is 6.07 Å². The van der Waals surface area contributed by atoms with Crippen molar-refractivity contribution in [2.45, 2.75) is 51.3 Å². The Hall–Kier alpha value is -2.02. The van der Waals surface area contributed by atoms with Crippen LogP contribution < -0.4 is 10.6 Å². The fourth-order valence-electron chi connectivity index (χ4n) is 2.36. The number of benzene rings is 1. The highest BCUT2D eigenvalue weighted by atomic mass is 19.2. The summed E-state index contributed by atoms with van der Waals surface area (Å²) in [5.74, 6) is -2.93. The summed E-state index contributed by atoms with van der Waals surface area (Å²) in [6.07, 6.45) is 0.467. The molecule has 1 aromatic rings. The molecule has 2 unspecified atom stereocenters. The van der Waals surface area contributed by atoms with Crippen molar-refractivity contribution in [3.05, 3.63) is 35.4 Å². The van der Waals surface area contributed by atoms with Crippen LogP contribution in [0.5, 0.6) is 0 Å². The van der Waals surface area contributed by atoms with Crippen LogP contribution >= 0.6 is 0 Å². The lowest BCUT2D eigenvalue weighted by Crippen LogP contribution is -2.56. The van der Waals surface area contributed by atoms with Crippen LogP contribution in [-0.2, 0) is 15.1 Å². The quantitative estimate of drug-likeness (QED) is 0.736. The molecule has 1 aromatic carbocycles. The first-order chi connectivity index (χ1) is 11.1. The number of halogens is 2. The third kappa shape index (κ3) is 4.29. The van der Waals surface area contributed by atoms with Gasteiger partial charge in [-0.3, -0.25) is 9.59 Å². The molecule has 0 radical (unpaired) electrons. The second-order valence-corrected chi connectivity index (χ2v) is 6.74. The van der Waals surface area contributed by atoms with Crippen LogP contribution in [0.1, 0.15) is 39.2 Å². The van der Waals surface area contributed by atoms with Gasteiger partial charge in [0.05, 0.1) is 11.6 Å². The van der Waals surface area contributed by atoms with Gasteiger partial charge >= 0.3 is 0 Å². The zero-order valence-electron chi connectivity index (χ0n) is 13.9. The average molecular weight is 340 g/mol. The summed E-state index contributed by atoms with van der Waals surface area (Å²) in [7, 11) is 0. The van der Waals surface area contributed by atoms with Crippen molar-refractivity contribution in [1.82, 2.24) is 10.6 Å². The first-order valence-electron chi connectivity index (χ1n) is 7.88. The summed E-state index contributed by atoms with van der Waals surface area (Å²) >= 11 is 0. The normalized spacial score (nSPS) is 17.1.